The number of phenols is 1. The Kier molecular flexibility index (Phi) is 18.7. The third-order valence-corrected chi connectivity index (χ3v) is 8.82. The highest BCUT2D eigenvalue weighted by molar-refractivity contribution is 6.02. The third-order valence-electron chi connectivity index (χ3n) is 8.82. The van der Waals surface area contributed by atoms with Gasteiger partial charge in [-0.1, -0.05) is 51.8 Å². The van der Waals surface area contributed by atoms with E-state index in [1.165, 1.54) is 25.1 Å². The predicted molar refractivity (Wildman–Crippen MR) is 209 cm³/mol. The van der Waals surface area contributed by atoms with Gasteiger partial charge in [-0.2, -0.15) is 0 Å². The molecule has 22 nitrogen and oxygen atoms in total. The molecule has 6 unspecified atom stereocenters. The van der Waals surface area contributed by atoms with Crippen molar-refractivity contribution in [3.8, 4) is 5.75 Å². The van der Waals surface area contributed by atoms with Crippen LogP contribution in [0.2, 0.25) is 0 Å². The van der Waals surface area contributed by atoms with Crippen LogP contribution in [0, 0.1) is 16.0 Å². The van der Waals surface area contributed by atoms with Gasteiger partial charge < -0.3 is 58.7 Å². The number of amides is 7. The highest BCUT2D eigenvalue weighted by Gasteiger charge is 2.33. The summed E-state index contributed by atoms with van der Waals surface area (Å²) in [6.07, 6.45) is -0.381. The average Bonchev–Trinajstić information content (AvgIpc) is 3.16. The maximum atomic E-state index is 13.5. The number of nitrogens with zero attached hydrogens (tertiary/aromatic N) is 1. The van der Waals surface area contributed by atoms with E-state index in [0.717, 1.165) is 12.1 Å². The lowest BCUT2D eigenvalue weighted by atomic mass is 10.0. The molecular weight excluding hydrogens is 778 g/mol. The number of hydrogen-bond acceptors (Lipinski definition) is 13. The fraction of sp³-hybridized carbons (Fsp3) is 0.459. The summed E-state index contributed by atoms with van der Waals surface area (Å²) < 4.78 is 0. The fourth-order valence-electron chi connectivity index (χ4n) is 5.50. The molecule has 7 amide bonds. The highest BCUT2D eigenvalue weighted by Crippen LogP contribution is 2.27. The smallest absolute Gasteiger partial charge is 0.326 e. The molecule has 59 heavy (non-hydrogen) atoms. The van der Waals surface area contributed by atoms with E-state index in [1.54, 1.807) is 32.9 Å². The van der Waals surface area contributed by atoms with Gasteiger partial charge in [-0.25, -0.2) is 4.79 Å². The van der Waals surface area contributed by atoms with E-state index < -0.39 is 125 Å². The van der Waals surface area contributed by atoms with Gasteiger partial charge in [-0.15, -0.1) is 0 Å². The number of aromatic hydroxyl groups is 1. The summed E-state index contributed by atoms with van der Waals surface area (Å²) in [4.78, 5) is 113. The summed E-state index contributed by atoms with van der Waals surface area (Å²) in [7, 11) is 0. The molecule has 2 aromatic carbocycles. The number of carbonyl (C=O) groups excluding carboxylic acids is 7. The Labute approximate surface area is 338 Å². The molecule has 322 valence electrons. The van der Waals surface area contributed by atoms with Crippen molar-refractivity contribution in [3.63, 3.8) is 0 Å². The first-order valence-corrected chi connectivity index (χ1v) is 18.5. The van der Waals surface area contributed by atoms with Crippen molar-refractivity contribution < 1.29 is 58.6 Å². The largest absolute Gasteiger partial charge is 0.502 e. The molecule has 13 N–H and O–H groups in total. The van der Waals surface area contributed by atoms with Gasteiger partial charge in [-0.3, -0.25) is 43.7 Å². The second-order valence-electron chi connectivity index (χ2n) is 13.9. The monoisotopic (exact) mass is 829 g/mol. The quantitative estimate of drug-likeness (QED) is 0.0344. The number of primary amides is 1. The van der Waals surface area contributed by atoms with Gasteiger partial charge in [0.15, 0.2) is 5.75 Å². The molecule has 0 radical (unpaired) electrons. The van der Waals surface area contributed by atoms with Crippen molar-refractivity contribution >= 4 is 58.7 Å². The van der Waals surface area contributed by atoms with Crippen molar-refractivity contribution in [3.05, 3.63) is 63.7 Å². The number of nitrogens with one attached hydrogen (secondary N) is 6. The van der Waals surface area contributed by atoms with Crippen LogP contribution in [0.15, 0.2) is 42.5 Å². The number of carboxylic acids is 1. The molecule has 22 heteroatoms. The summed E-state index contributed by atoms with van der Waals surface area (Å²) in [5, 5.41) is 55.1. The number of hydrogen-bond donors (Lipinski definition) is 11. The zero-order valence-corrected chi connectivity index (χ0v) is 32.9. The first-order chi connectivity index (χ1) is 27.7. The summed E-state index contributed by atoms with van der Waals surface area (Å²) in [5.41, 5.74) is 10.6. The Balaban J connectivity index is 2.25. The van der Waals surface area contributed by atoms with Gasteiger partial charge in [0.2, 0.25) is 35.4 Å². The van der Waals surface area contributed by atoms with Gasteiger partial charge in [0.25, 0.3) is 5.91 Å². The molecule has 0 saturated carbocycles. The lowest BCUT2D eigenvalue weighted by Gasteiger charge is -2.26. The van der Waals surface area contributed by atoms with E-state index >= 15 is 0 Å². The standard InChI is InChI=1S/C37H51N9O13/c1-5-6-11-23(41-31(50)19(4)40-36(55)30(18(2)3)45-32(51)21-9-7-8-10-22(21)38)33(52)44-26(17-47)35(54)42-24(34(53)43-25(37(56)57)16-29(39)49)14-20-12-13-28(48)27(15-20)46(58)59/h7-10,12-13,15,18-19,23-26,30,47-48H,5-6,11,14,16-17,38H2,1-4H3,(H2,39,49)(H,40,55)(H,41,50)(H,42,54)(H,43,53)(H,44,52)(H,45,51)(H,56,57). The molecule has 0 spiro atoms. The minimum atomic E-state index is -1.85. The number of nitrogens with two attached hydrogens (primary N) is 2. The molecule has 2 aromatic rings. The number of nitrogen functional groups attached to an aromatic ring is 1. The van der Waals surface area contributed by atoms with Crippen LogP contribution >= 0.6 is 0 Å². The number of unbranched alkanes of at least 4 members (excludes halogenated alkanes) is 1. The Morgan fingerprint density at radius 2 is 1.36 bits per heavy atom. The van der Waals surface area contributed by atoms with Crippen LogP contribution in [0.5, 0.6) is 5.75 Å². The lowest BCUT2D eigenvalue weighted by Crippen LogP contribution is -2.60. The Morgan fingerprint density at radius 1 is 0.780 bits per heavy atom. The molecular formula is C37H51N9O13. The maximum Gasteiger partial charge on any atom is 0.326 e. The van der Waals surface area contributed by atoms with Gasteiger partial charge in [0.1, 0.15) is 36.3 Å². The van der Waals surface area contributed by atoms with Crippen molar-refractivity contribution in [2.75, 3.05) is 12.3 Å². The van der Waals surface area contributed by atoms with E-state index in [0.29, 0.717) is 12.8 Å². The molecule has 0 aliphatic heterocycles. The van der Waals surface area contributed by atoms with Gasteiger partial charge >= 0.3 is 11.7 Å². The number of para-hydroxylation sites is 1. The van der Waals surface area contributed by atoms with E-state index in [2.05, 4.69) is 26.6 Å². The fourth-order valence-corrected chi connectivity index (χ4v) is 5.50. The number of phenolic OH excluding ortho intramolecular Hbond substituents is 1. The van der Waals surface area contributed by atoms with Crippen LogP contribution in [0.4, 0.5) is 11.4 Å². The zero-order chi connectivity index (χ0) is 44.6. The number of nitro groups is 1. The first-order valence-electron chi connectivity index (χ1n) is 18.5. The van der Waals surface area contributed by atoms with E-state index in [1.807, 2.05) is 5.32 Å². The van der Waals surface area contributed by atoms with Crippen molar-refractivity contribution in [2.45, 2.75) is 96.1 Å². The summed E-state index contributed by atoms with van der Waals surface area (Å²) in [6.45, 7) is 5.44. The molecule has 6 atom stereocenters. The lowest BCUT2D eigenvalue weighted by molar-refractivity contribution is -0.385. The second-order valence-corrected chi connectivity index (χ2v) is 13.9. The molecule has 0 saturated heterocycles. The molecule has 0 heterocycles. The number of aliphatic hydroxyl groups is 1. The van der Waals surface area contributed by atoms with E-state index in [9.17, 15) is 63.8 Å². The summed E-state index contributed by atoms with van der Waals surface area (Å²) in [5.74, 6) is -9.35. The summed E-state index contributed by atoms with van der Waals surface area (Å²) >= 11 is 0. The number of nitro benzene ring substituents is 1. The van der Waals surface area contributed by atoms with E-state index in [-0.39, 0.29) is 23.2 Å². The number of aliphatic hydroxyl groups excluding tert-OH is 1. The third kappa shape index (κ3) is 14.9. The average molecular weight is 830 g/mol. The van der Waals surface area contributed by atoms with Gasteiger partial charge in [0.05, 0.1) is 23.5 Å². The van der Waals surface area contributed by atoms with Crippen LogP contribution in [-0.4, -0.2) is 110 Å². The minimum Gasteiger partial charge on any atom is -0.502 e. The molecule has 0 bridgehead atoms. The van der Waals surface area contributed by atoms with Crippen molar-refractivity contribution in [2.24, 2.45) is 11.7 Å². The van der Waals surface area contributed by atoms with Crippen LogP contribution < -0.4 is 43.4 Å². The second kappa shape index (κ2) is 22.8. The number of carbonyl (C=O) groups is 8. The van der Waals surface area contributed by atoms with Gasteiger partial charge in [0, 0.05) is 18.2 Å². The topological polar surface area (TPSA) is 365 Å². The zero-order valence-electron chi connectivity index (χ0n) is 32.9. The number of anilines is 1. The normalized spacial score (nSPS) is 13.9. The Bertz CT molecular complexity index is 1890. The van der Waals surface area contributed by atoms with E-state index in [4.69, 9.17) is 11.5 Å². The van der Waals surface area contributed by atoms with Crippen LogP contribution in [0.25, 0.3) is 0 Å². The number of aliphatic carboxylic acids is 1. The Morgan fingerprint density at radius 3 is 1.92 bits per heavy atom. The van der Waals surface area contributed by atoms with Crippen molar-refractivity contribution in [1.82, 2.24) is 31.9 Å². The minimum absolute atomic E-state index is 0.00727. The maximum absolute atomic E-state index is 13.5. The van der Waals surface area contributed by atoms with Crippen LogP contribution in [-0.2, 0) is 40.0 Å². The SMILES string of the molecule is CCCCC(NC(=O)C(C)NC(=O)C(NC(=O)c1ccccc1N)C(C)C)C(=O)NC(CO)C(=O)NC(Cc1ccc(O)c([N+](=O)[O-])c1)C(=O)NC(CC(N)=O)C(=O)O. The molecule has 2 rings (SSSR count). The molecule has 0 aliphatic carbocycles. The molecule has 0 aliphatic rings. The van der Waals surface area contributed by atoms with Crippen LogP contribution in [0.1, 0.15) is 69.3 Å². The number of rotatable bonds is 23. The first kappa shape index (κ1) is 48.3. The van der Waals surface area contributed by atoms with Crippen molar-refractivity contribution in [1.29, 1.82) is 0 Å². The molecule has 0 fully saturated rings. The number of carboxylic acid groups (broad SMARTS) is 1. The number of benzene rings is 2. The molecule has 0 aromatic heterocycles. The summed E-state index contributed by atoms with van der Waals surface area (Å²) in [6, 6.07) is 0.270. The van der Waals surface area contributed by atoms with Gasteiger partial charge in [-0.05, 0) is 43.0 Å². The highest BCUT2D eigenvalue weighted by atomic mass is 16.6. The predicted octanol–water partition coefficient (Wildman–Crippen LogP) is -1.53. The van der Waals surface area contributed by atoms with Crippen LogP contribution in [0.3, 0.4) is 0 Å². The Hall–Kier alpha value is -6.84.